The number of nitrogens with one attached hydrogen (secondary N) is 1. The van der Waals surface area contributed by atoms with E-state index in [-0.39, 0.29) is 12.0 Å². The van der Waals surface area contributed by atoms with E-state index in [2.05, 4.69) is 24.1 Å². The van der Waals surface area contributed by atoms with Gasteiger partial charge in [0.25, 0.3) is 0 Å². The monoisotopic (exact) mass is 257 g/mol. The quantitative estimate of drug-likeness (QED) is 0.732. The Morgan fingerprint density at radius 3 is 2.76 bits per heavy atom. The van der Waals surface area contributed by atoms with E-state index in [1.54, 1.807) is 12.4 Å². The zero-order valence-electron chi connectivity index (χ0n) is 10.3. The van der Waals surface area contributed by atoms with Crippen molar-refractivity contribution in [3.8, 4) is 0 Å². The molecule has 1 rings (SSSR count). The summed E-state index contributed by atoms with van der Waals surface area (Å²) in [5.41, 5.74) is 7.17. The fourth-order valence-electron chi connectivity index (χ4n) is 1.61. The molecule has 0 aliphatic heterocycles. The predicted molar refractivity (Wildman–Crippen MR) is 72.2 cm³/mol. The molecule has 0 aromatic carbocycles. The van der Waals surface area contributed by atoms with Crippen LogP contribution in [0.3, 0.4) is 0 Å². The highest BCUT2D eigenvalue weighted by atomic mass is 35.5. The van der Waals surface area contributed by atoms with Gasteiger partial charge in [0.05, 0.1) is 22.6 Å². The minimum atomic E-state index is 0.0851. The van der Waals surface area contributed by atoms with Crippen LogP contribution in [0.1, 0.15) is 26.7 Å². The highest BCUT2D eigenvalue weighted by Crippen LogP contribution is 2.29. The summed E-state index contributed by atoms with van der Waals surface area (Å²) in [4.78, 5) is 3.91. The van der Waals surface area contributed by atoms with E-state index in [1.807, 2.05) is 0 Å². The molecule has 0 spiro atoms. The molecule has 17 heavy (non-hydrogen) atoms. The molecule has 4 nitrogen and oxygen atoms in total. The molecule has 4 N–H and O–H groups in total. The van der Waals surface area contributed by atoms with Crippen LogP contribution in [0, 0.1) is 5.41 Å². The van der Waals surface area contributed by atoms with Crippen LogP contribution in [0.15, 0.2) is 12.4 Å². The molecule has 96 valence electrons. The third-order valence-corrected chi connectivity index (χ3v) is 2.97. The molecule has 1 aromatic rings. The number of nitrogen functional groups attached to an aromatic ring is 1. The van der Waals surface area contributed by atoms with Gasteiger partial charge in [0.2, 0.25) is 0 Å². The van der Waals surface area contributed by atoms with Crippen LogP contribution in [0.4, 0.5) is 11.4 Å². The smallest absolute Gasteiger partial charge is 0.0841 e. The second-order valence-electron chi connectivity index (χ2n) is 4.93. The van der Waals surface area contributed by atoms with E-state index in [0.29, 0.717) is 10.7 Å². The molecule has 5 heteroatoms. The number of hydrogen-bond acceptors (Lipinski definition) is 4. The van der Waals surface area contributed by atoms with Gasteiger partial charge in [-0.15, -0.1) is 0 Å². The first kappa shape index (κ1) is 14.1. The summed E-state index contributed by atoms with van der Waals surface area (Å²) in [6, 6.07) is 0. The van der Waals surface area contributed by atoms with Gasteiger partial charge in [-0.2, -0.15) is 0 Å². The Balaban J connectivity index is 2.60. The van der Waals surface area contributed by atoms with Gasteiger partial charge in [0.15, 0.2) is 0 Å². The molecule has 0 amide bonds. The Morgan fingerprint density at radius 1 is 1.47 bits per heavy atom. The first-order valence-corrected chi connectivity index (χ1v) is 6.08. The SMILES string of the molecule is CC(C)(CCCO)CNc1c(N)cncc1Cl. The molecular formula is C12H20ClN3O. The molecule has 0 bridgehead atoms. The Labute approximate surface area is 107 Å². The third kappa shape index (κ3) is 4.40. The highest BCUT2D eigenvalue weighted by Gasteiger charge is 2.18. The number of halogens is 1. The molecule has 0 saturated carbocycles. The number of nitrogens with two attached hydrogens (primary N) is 1. The van der Waals surface area contributed by atoms with Crippen molar-refractivity contribution in [2.24, 2.45) is 5.41 Å². The zero-order valence-corrected chi connectivity index (χ0v) is 11.1. The Hall–Kier alpha value is -1.00. The first-order chi connectivity index (χ1) is 7.96. The predicted octanol–water partition coefficient (Wildman–Crippen LogP) is 2.53. The van der Waals surface area contributed by atoms with Crippen molar-refractivity contribution in [2.75, 3.05) is 24.2 Å². The van der Waals surface area contributed by atoms with Crippen molar-refractivity contribution in [3.05, 3.63) is 17.4 Å². The Morgan fingerprint density at radius 2 is 2.18 bits per heavy atom. The van der Waals surface area contributed by atoms with Crippen LogP contribution in [-0.4, -0.2) is 23.2 Å². The van der Waals surface area contributed by atoms with Gasteiger partial charge < -0.3 is 16.2 Å². The topological polar surface area (TPSA) is 71.2 Å². The van der Waals surface area contributed by atoms with Crippen molar-refractivity contribution in [1.82, 2.24) is 4.98 Å². The van der Waals surface area contributed by atoms with Crippen LogP contribution in [0.2, 0.25) is 5.02 Å². The average molecular weight is 258 g/mol. The molecule has 0 fully saturated rings. The maximum absolute atomic E-state index is 8.83. The molecule has 1 aromatic heterocycles. The van der Waals surface area contributed by atoms with Gasteiger partial charge in [-0.05, 0) is 18.3 Å². The molecule has 0 aliphatic carbocycles. The van der Waals surface area contributed by atoms with E-state index in [0.717, 1.165) is 25.1 Å². The van der Waals surface area contributed by atoms with Crippen LogP contribution in [0.25, 0.3) is 0 Å². The summed E-state index contributed by atoms with van der Waals surface area (Å²) >= 11 is 6.02. The molecule has 0 radical (unpaired) electrons. The second kappa shape index (κ2) is 6.07. The lowest BCUT2D eigenvalue weighted by Gasteiger charge is -2.25. The normalized spacial score (nSPS) is 11.5. The summed E-state index contributed by atoms with van der Waals surface area (Å²) < 4.78 is 0. The minimum Gasteiger partial charge on any atom is -0.396 e. The first-order valence-electron chi connectivity index (χ1n) is 5.70. The van der Waals surface area contributed by atoms with E-state index in [9.17, 15) is 0 Å². The number of aromatic nitrogens is 1. The van der Waals surface area contributed by atoms with Crippen molar-refractivity contribution in [1.29, 1.82) is 0 Å². The maximum atomic E-state index is 8.83. The van der Waals surface area contributed by atoms with Gasteiger partial charge in [-0.1, -0.05) is 25.4 Å². The third-order valence-electron chi connectivity index (χ3n) is 2.68. The standard InChI is InChI=1S/C12H20ClN3O/c1-12(2,4-3-5-17)8-16-11-9(13)6-15-7-10(11)14/h6-7,17H,3-5,8,14H2,1-2H3,(H,15,16). The van der Waals surface area contributed by atoms with Gasteiger partial charge in [-0.3, -0.25) is 4.98 Å². The molecule has 0 saturated heterocycles. The molecular weight excluding hydrogens is 238 g/mol. The number of aliphatic hydroxyl groups excluding tert-OH is 1. The largest absolute Gasteiger partial charge is 0.396 e. The molecule has 0 atom stereocenters. The van der Waals surface area contributed by atoms with Gasteiger partial charge in [0, 0.05) is 19.3 Å². The van der Waals surface area contributed by atoms with E-state index < -0.39 is 0 Å². The van der Waals surface area contributed by atoms with Gasteiger partial charge >= 0.3 is 0 Å². The van der Waals surface area contributed by atoms with Crippen LogP contribution in [0.5, 0.6) is 0 Å². The number of hydrogen-bond donors (Lipinski definition) is 3. The van der Waals surface area contributed by atoms with E-state index >= 15 is 0 Å². The lowest BCUT2D eigenvalue weighted by atomic mass is 9.88. The second-order valence-corrected chi connectivity index (χ2v) is 5.34. The summed E-state index contributed by atoms with van der Waals surface area (Å²) in [7, 11) is 0. The fourth-order valence-corrected chi connectivity index (χ4v) is 1.84. The number of rotatable bonds is 6. The minimum absolute atomic E-state index is 0.0851. The lowest BCUT2D eigenvalue weighted by Crippen LogP contribution is -2.24. The van der Waals surface area contributed by atoms with E-state index in [1.165, 1.54) is 0 Å². The fraction of sp³-hybridized carbons (Fsp3) is 0.583. The van der Waals surface area contributed by atoms with E-state index in [4.69, 9.17) is 22.4 Å². The summed E-state index contributed by atoms with van der Waals surface area (Å²) in [5.74, 6) is 0. The van der Waals surface area contributed by atoms with Crippen molar-refractivity contribution in [2.45, 2.75) is 26.7 Å². The number of pyridine rings is 1. The number of nitrogens with zero attached hydrogens (tertiary/aromatic N) is 1. The summed E-state index contributed by atoms with van der Waals surface area (Å²) in [6.45, 7) is 5.25. The zero-order chi connectivity index (χ0) is 12.9. The highest BCUT2D eigenvalue weighted by molar-refractivity contribution is 6.33. The summed E-state index contributed by atoms with van der Waals surface area (Å²) in [5, 5.41) is 12.6. The maximum Gasteiger partial charge on any atom is 0.0841 e. The summed E-state index contributed by atoms with van der Waals surface area (Å²) in [6.07, 6.45) is 4.89. The molecule has 1 heterocycles. The van der Waals surface area contributed by atoms with Gasteiger partial charge in [-0.25, -0.2) is 0 Å². The van der Waals surface area contributed by atoms with Crippen molar-refractivity contribution in [3.63, 3.8) is 0 Å². The number of anilines is 2. The van der Waals surface area contributed by atoms with Crippen LogP contribution in [-0.2, 0) is 0 Å². The average Bonchev–Trinajstić information content (AvgIpc) is 2.26. The molecule has 0 aliphatic rings. The van der Waals surface area contributed by atoms with Crippen molar-refractivity contribution < 1.29 is 5.11 Å². The molecule has 0 unspecified atom stereocenters. The van der Waals surface area contributed by atoms with Gasteiger partial charge in [0.1, 0.15) is 0 Å². The lowest BCUT2D eigenvalue weighted by molar-refractivity contribution is 0.248. The Bertz CT molecular complexity index is 349. The van der Waals surface area contributed by atoms with Crippen LogP contribution < -0.4 is 11.1 Å². The van der Waals surface area contributed by atoms with Crippen LogP contribution >= 0.6 is 11.6 Å². The van der Waals surface area contributed by atoms with Crippen molar-refractivity contribution >= 4 is 23.0 Å². The Kier molecular flexibility index (Phi) is 5.02. The number of aliphatic hydroxyl groups is 1.